The van der Waals surface area contributed by atoms with Gasteiger partial charge in [-0.1, -0.05) is 140 Å². The minimum Gasteiger partial charge on any atom is -0.345 e. The summed E-state index contributed by atoms with van der Waals surface area (Å²) in [5.41, 5.74) is 12.8. The van der Waals surface area contributed by atoms with Gasteiger partial charge in [0.25, 0.3) is 0 Å². The Kier molecular flexibility index (Phi) is 8.47. The lowest BCUT2D eigenvalue weighted by Gasteiger charge is -2.27. The Morgan fingerprint density at radius 2 is 0.660 bits per heavy atom. The Morgan fingerprint density at radius 3 is 1.21 bits per heavy atom. The standard InChI is InChI=1S/C51H38N2/c1-52(49-31-26-45-32-41-16-8-9-17-42(41)33-46(45)36-49)47-27-22-39(23-28-47)40-24-29-48(30-25-40)53(50-20-10-18-43(34-50)37-12-4-2-5-13-37)51-21-11-19-44(35-51)38-14-6-3-7-15-38/h2-36H,1H3. The van der Waals surface area contributed by atoms with Crippen molar-refractivity contribution in [1.29, 1.82) is 0 Å². The van der Waals surface area contributed by atoms with Gasteiger partial charge >= 0.3 is 0 Å². The molecule has 0 spiro atoms. The van der Waals surface area contributed by atoms with Gasteiger partial charge in [-0.25, -0.2) is 0 Å². The summed E-state index contributed by atoms with van der Waals surface area (Å²) in [5.74, 6) is 0. The van der Waals surface area contributed by atoms with Crippen molar-refractivity contribution in [2.75, 3.05) is 16.8 Å². The first-order valence-electron chi connectivity index (χ1n) is 18.1. The first-order valence-corrected chi connectivity index (χ1v) is 18.1. The van der Waals surface area contributed by atoms with Crippen LogP contribution >= 0.6 is 0 Å². The number of anilines is 5. The van der Waals surface area contributed by atoms with Crippen molar-refractivity contribution < 1.29 is 0 Å². The van der Waals surface area contributed by atoms with Crippen LogP contribution in [-0.2, 0) is 0 Å². The number of hydrogen-bond donors (Lipinski definition) is 0. The summed E-state index contributed by atoms with van der Waals surface area (Å²) in [6, 6.07) is 76.4. The molecular formula is C51H38N2. The molecule has 0 unspecified atom stereocenters. The maximum Gasteiger partial charge on any atom is 0.0467 e. The second-order valence-electron chi connectivity index (χ2n) is 13.6. The fourth-order valence-corrected chi connectivity index (χ4v) is 7.32. The molecule has 252 valence electrons. The number of hydrogen-bond acceptors (Lipinski definition) is 2. The van der Waals surface area contributed by atoms with Gasteiger partial charge in [-0.2, -0.15) is 0 Å². The second kappa shape index (κ2) is 14.0. The molecule has 2 nitrogen and oxygen atoms in total. The van der Waals surface area contributed by atoms with Gasteiger partial charge in [0.15, 0.2) is 0 Å². The maximum atomic E-state index is 2.35. The molecule has 0 radical (unpaired) electrons. The van der Waals surface area contributed by atoms with Crippen molar-refractivity contribution in [3.05, 3.63) is 212 Å². The van der Waals surface area contributed by atoms with Crippen LogP contribution < -0.4 is 9.80 Å². The molecular weight excluding hydrogens is 641 g/mol. The summed E-state index contributed by atoms with van der Waals surface area (Å²) in [7, 11) is 2.14. The number of rotatable bonds is 8. The minimum atomic E-state index is 1.10. The monoisotopic (exact) mass is 678 g/mol. The smallest absolute Gasteiger partial charge is 0.0467 e. The molecule has 0 amide bonds. The van der Waals surface area contributed by atoms with Crippen LogP contribution in [0.25, 0.3) is 54.9 Å². The van der Waals surface area contributed by atoms with Crippen molar-refractivity contribution in [2.24, 2.45) is 0 Å². The zero-order chi connectivity index (χ0) is 35.6. The molecule has 0 fully saturated rings. The molecule has 2 heteroatoms. The first-order chi connectivity index (χ1) is 26.2. The van der Waals surface area contributed by atoms with Crippen LogP contribution in [0.2, 0.25) is 0 Å². The Balaban J connectivity index is 1.02. The fourth-order valence-electron chi connectivity index (χ4n) is 7.32. The van der Waals surface area contributed by atoms with E-state index in [0.717, 1.165) is 28.4 Å². The van der Waals surface area contributed by atoms with E-state index in [0.29, 0.717) is 0 Å². The molecule has 9 rings (SSSR count). The Bertz CT molecular complexity index is 2580. The van der Waals surface area contributed by atoms with E-state index in [2.05, 4.69) is 229 Å². The van der Waals surface area contributed by atoms with Crippen LogP contribution in [0.15, 0.2) is 212 Å². The molecule has 9 aromatic carbocycles. The van der Waals surface area contributed by atoms with E-state index < -0.39 is 0 Å². The van der Waals surface area contributed by atoms with E-state index >= 15 is 0 Å². The summed E-state index contributed by atoms with van der Waals surface area (Å²) in [6.07, 6.45) is 0. The lowest BCUT2D eigenvalue weighted by molar-refractivity contribution is 1.21. The molecule has 0 aliphatic rings. The normalized spacial score (nSPS) is 11.1. The van der Waals surface area contributed by atoms with Gasteiger partial charge in [-0.3, -0.25) is 0 Å². The lowest BCUT2D eigenvalue weighted by atomic mass is 10.0. The Labute approximate surface area is 311 Å². The third kappa shape index (κ3) is 6.55. The van der Waals surface area contributed by atoms with Crippen molar-refractivity contribution in [3.8, 4) is 33.4 Å². The zero-order valence-corrected chi connectivity index (χ0v) is 29.6. The van der Waals surface area contributed by atoms with Gasteiger partial charge in [-0.05, 0) is 128 Å². The van der Waals surface area contributed by atoms with E-state index in [1.165, 1.54) is 54.9 Å². The highest BCUT2D eigenvalue weighted by molar-refractivity contribution is 5.99. The van der Waals surface area contributed by atoms with Crippen LogP contribution in [0.3, 0.4) is 0 Å². The van der Waals surface area contributed by atoms with Gasteiger partial charge in [0.1, 0.15) is 0 Å². The summed E-state index contributed by atoms with van der Waals surface area (Å²) in [4.78, 5) is 4.61. The van der Waals surface area contributed by atoms with Gasteiger partial charge in [0.05, 0.1) is 0 Å². The first kappa shape index (κ1) is 32.0. The fraction of sp³-hybridized carbons (Fsp3) is 0.0196. The molecule has 0 bridgehead atoms. The quantitative estimate of drug-likeness (QED) is 0.148. The molecule has 0 saturated carbocycles. The molecule has 0 aliphatic carbocycles. The molecule has 0 heterocycles. The average Bonchev–Trinajstić information content (AvgIpc) is 3.24. The van der Waals surface area contributed by atoms with Gasteiger partial charge in [0, 0.05) is 35.5 Å². The van der Waals surface area contributed by atoms with Crippen molar-refractivity contribution in [3.63, 3.8) is 0 Å². The predicted molar refractivity (Wildman–Crippen MR) is 227 cm³/mol. The molecule has 53 heavy (non-hydrogen) atoms. The van der Waals surface area contributed by atoms with E-state index in [1.54, 1.807) is 0 Å². The summed E-state index contributed by atoms with van der Waals surface area (Å²) in [5, 5.41) is 5.04. The summed E-state index contributed by atoms with van der Waals surface area (Å²) >= 11 is 0. The highest BCUT2D eigenvalue weighted by Crippen LogP contribution is 2.39. The van der Waals surface area contributed by atoms with Crippen LogP contribution in [-0.4, -0.2) is 7.05 Å². The van der Waals surface area contributed by atoms with Gasteiger partial charge in [-0.15, -0.1) is 0 Å². The SMILES string of the molecule is CN(c1ccc(-c2ccc(N(c3cccc(-c4ccccc4)c3)c3cccc(-c4ccccc4)c3)cc2)cc1)c1ccc2cc3ccccc3cc2c1. The van der Waals surface area contributed by atoms with Gasteiger partial charge < -0.3 is 9.80 Å². The van der Waals surface area contributed by atoms with Crippen LogP contribution in [0, 0.1) is 0 Å². The molecule has 0 N–H and O–H groups in total. The van der Waals surface area contributed by atoms with Crippen molar-refractivity contribution in [1.82, 2.24) is 0 Å². The number of fused-ring (bicyclic) bond motifs is 2. The van der Waals surface area contributed by atoms with Gasteiger partial charge in [0.2, 0.25) is 0 Å². The van der Waals surface area contributed by atoms with E-state index in [1.807, 2.05) is 0 Å². The molecule has 0 saturated heterocycles. The highest BCUT2D eigenvalue weighted by atomic mass is 15.1. The third-order valence-electron chi connectivity index (χ3n) is 10.2. The minimum absolute atomic E-state index is 1.10. The predicted octanol–water partition coefficient (Wildman–Crippen LogP) is 14.2. The summed E-state index contributed by atoms with van der Waals surface area (Å²) < 4.78 is 0. The molecule has 0 aromatic heterocycles. The molecule has 9 aromatic rings. The van der Waals surface area contributed by atoms with Crippen LogP contribution in [0.4, 0.5) is 28.4 Å². The maximum absolute atomic E-state index is 2.35. The van der Waals surface area contributed by atoms with Crippen LogP contribution in [0.5, 0.6) is 0 Å². The third-order valence-corrected chi connectivity index (χ3v) is 10.2. The molecule has 0 aliphatic heterocycles. The summed E-state index contributed by atoms with van der Waals surface area (Å²) in [6.45, 7) is 0. The average molecular weight is 679 g/mol. The highest BCUT2D eigenvalue weighted by Gasteiger charge is 2.15. The topological polar surface area (TPSA) is 6.48 Å². The second-order valence-corrected chi connectivity index (χ2v) is 13.6. The van der Waals surface area contributed by atoms with E-state index in [9.17, 15) is 0 Å². The van der Waals surface area contributed by atoms with Crippen LogP contribution in [0.1, 0.15) is 0 Å². The van der Waals surface area contributed by atoms with Crippen molar-refractivity contribution >= 4 is 50.0 Å². The molecule has 0 atom stereocenters. The zero-order valence-electron chi connectivity index (χ0n) is 29.6. The lowest BCUT2D eigenvalue weighted by Crippen LogP contribution is -2.10. The number of benzene rings is 9. The van der Waals surface area contributed by atoms with E-state index in [4.69, 9.17) is 0 Å². The Hall–Kier alpha value is -6.90. The van der Waals surface area contributed by atoms with E-state index in [-0.39, 0.29) is 0 Å². The largest absolute Gasteiger partial charge is 0.345 e. The van der Waals surface area contributed by atoms with Crippen molar-refractivity contribution in [2.45, 2.75) is 0 Å². The number of nitrogens with zero attached hydrogens (tertiary/aromatic N) is 2. The Morgan fingerprint density at radius 1 is 0.245 bits per heavy atom.